The molecule has 3 rings (SSSR count). The maximum atomic E-state index is 13.9. The Labute approximate surface area is 153 Å². The van der Waals surface area contributed by atoms with Crippen molar-refractivity contribution in [2.75, 3.05) is 39.4 Å². The van der Waals surface area contributed by atoms with Crippen molar-refractivity contribution in [3.8, 4) is 0 Å². The van der Waals surface area contributed by atoms with E-state index in [-0.39, 0.29) is 23.3 Å². The van der Waals surface area contributed by atoms with Gasteiger partial charge in [-0.25, -0.2) is 4.39 Å². The number of halogens is 1. The zero-order chi connectivity index (χ0) is 18.5. The van der Waals surface area contributed by atoms with Crippen LogP contribution in [0.5, 0.6) is 0 Å². The molecule has 7 heteroatoms. The van der Waals surface area contributed by atoms with Crippen LogP contribution in [0.15, 0.2) is 24.3 Å². The second-order valence-corrected chi connectivity index (χ2v) is 6.93. The van der Waals surface area contributed by atoms with Crippen LogP contribution in [0.3, 0.4) is 0 Å². The molecule has 2 fully saturated rings. The van der Waals surface area contributed by atoms with Gasteiger partial charge in [-0.2, -0.15) is 0 Å². The Balaban J connectivity index is 1.60. The van der Waals surface area contributed by atoms with Crippen LogP contribution in [0.2, 0.25) is 0 Å². The molecule has 1 atom stereocenters. The smallest absolute Gasteiger partial charge is 0.256 e. The second-order valence-electron chi connectivity index (χ2n) is 6.93. The van der Waals surface area contributed by atoms with Crippen molar-refractivity contribution in [2.24, 2.45) is 11.7 Å². The molecule has 1 aromatic carbocycles. The van der Waals surface area contributed by atoms with Crippen LogP contribution in [0.25, 0.3) is 0 Å². The molecule has 26 heavy (non-hydrogen) atoms. The minimum Gasteiger partial charge on any atom is -0.381 e. The topological polar surface area (TPSA) is 75.9 Å². The fourth-order valence-corrected chi connectivity index (χ4v) is 3.63. The molecule has 2 aliphatic rings. The van der Waals surface area contributed by atoms with Gasteiger partial charge in [0.25, 0.3) is 5.91 Å². The maximum Gasteiger partial charge on any atom is 0.256 e. The van der Waals surface area contributed by atoms with Crippen molar-refractivity contribution in [1.29, 1.82) is 0 Å². The van der Waals surface area contributed by atoms with E-state index in [1.807, 2.05) is 0 Å². The molecule has 2 heterocycles. The predicted molar refractivity (Wildman–Crippen MR) is 95.0 cm³/mol. The van der Waals surface area contributed by atoms with Gasteiger partial charge in [0, 0.05) is 39.4 Å². The van der Waals surface area contributed by atoms with Crippen LogP contribution in [0, 0.1) is 11.7 Å². The molecular formula is C19H26FN3O3. The zero-order valence-electron chi connectivity index (χ0n) is 14.9. The molecule has 0 aliphatic carbocycles. The highest BCUT2D eigenvalue weighted by Crippen LogP contribution is 2.20. The summed E-state index contributed by atoms with van der Waals surface area (Å²) in [6, 6.07) is 5.47. The van der Waals surface area contributed by atoms with Crippen LogP contribution < -0.4 is 5.73 Å². The van der Waals surface area contributed by atoms with Crippen LogP contribution in [-0.2, 0) is 9.53 Å². The lowest BCUT2D eigenvalue weighted by Gasteiger charge is -2.31. The number of ether oxygens (including phenoxy) is 1. The van der Waals surface area contributed by atoms with Crippen LogP contribution in [0.1, 0.15) is 29.6 Å². The lowest BCUT2D eigenvalue weighted by Crippen LogP contribution is -2.50. The van der Waals surface area contributed by atoms with E-state index in [0.717, 1.165) is 12.8 Å². The SMILES string of the molecule is NC(C(=O)N1CCCN(C(=O)c2ccccc2F)CC1)C1CCOCC1. The van der Waals surface area contributed by atoms with E-state index in [4.69, 9.17) is 10.5 Å². The molecule has 142 valence electrons. The summed E-state index contributed by atoms with van der Waals surface area (Å²) in [5.74, 6) is -0.755. The number of carbonyl (C=O) groups excluding carboxylic acids is 2. The quantitative estimate of drug-likeness (QED) is 0.877. The number of carbonyl (C=O) groups is 2. The molecule has 0 aromatic heterocycles. The third-order valence-electron chi connectivity index (χ3n) is 5.26. The summed E-state index contributed by atoms with van der Waals surface area (Å²) in [6.07, 6.45) is 2.27. The molecule has 2 amide bonds. The molecule has 2 N–H and O–H groups in total. The summed E-state index contributed by atoms with van der Waals surface area (Å²) in [5.41, 5.74) is 6.28. The summed E-state index contributed by atoms with van der Waals surface area (Å²) in [7, 11) is 0. The van der Waals surface area contributed by atoms with Gasteiger partial charge in [0.15, 0.2) is 0 Å². The summed E-state index contributed by atoms with van der Waals surface area (Å²) in [5, 5.41) is 0. The van der Waals surface area contributed by atoms with Gasteiger partial charge < -0.3 is 20.3 Å². The van der Waals surface area contributed by atoms with E-state index in [0.29, 0.717) is 45.8 Å². The first-order chi connectivity index (χ1) is 12.6. The number of nitrogens with two attached hydrogens (primary N) is 1. The zero-order valence-corrected chi connectivity index (χ0v) is 14.9. The van der Waals surface area contributed by atoms with Crippen molar-refractivity contribution < 1.29 is 18.7 Å². The Bertz CT molecular complexity index is 649. The number of benzene rings is 1. The van der Waals surface area contributed by atoms with Gasteiger partial charge in [-0.1, -0.05) is 12.1 Å². The summed E-state index contributed by atoms with van der Waals surface area (Å²) in [6.45, 7) is 3.18. The Morgan fingerprint density at radius 2 is 1.73 bits per heavy atom. The van der Waals surface area contributed by atoms with Gasteiger partial charge in [0.1, 0.15) is 5.82 Å². The maximum absolute atomic E-state index is 13.9. The Hall–Kier alpha value is -1.99. The minimum atomic E-state index is -0.521. The normalized spacial score (nSPS) is 20.5. The van der Waals surface area contributed by atoms with Gasteiger partial charge in [-0.3, -0.25) is 9.59 Å². The highest BCUT2D eigenvalue weighted by Gasteiger charge is 2.31. The van der Waals surface area contributed by atoms with Crippen molar-refractivity contribution in [3.05, 3.63) is 35.6 Å². The molecule has 0 bridgehead atoms. The fraction of sp³-hybridized carbons (Fsp3) is 0.579. The van der Waals surface area contributed by atoms with E-state index in [1.54, 1.807) is 21.9 Å². The highest BCUT2D eigenvalue weighted by molar-refractivity contribution is 5.94. The minimum absolute atomic E-state index is 0.0582. The fourth-order valence-electron chi connectivity index (χ4n) is 3.63. The van der Waals surface area contributed by atoms with Crippen molar-refractivity contribution in [3.63, 3.8) is 0 Å². The number of hydrogen-bond acceptors (Lipinski definition) is 4. The monoisotopic (exact) mass is 363 g/mol. The number of hydrogen-bond donors (Lipinski definition) is 1. The summed E-state index contributed by atoms with van der Waals surface area (Å²) >= 11 is 0. The first-order valence-corrected chi connectivity index (χ1v) is 9.24. The average molecular weight is 363 g/mol. The van der Waals surface area contributed by atoms with Crippen molar-refractivity contribution >= 4 is 11.8 Å². The molecule has 1 aromatic rings. The third-order valence-corrected chi connectivity index (χ3v) is 5.26. The van der Waals surface area contributed by atoms with Crippen LogP contribution >= 0.6 is 0 Å². The van der Waals surface area contributed by atoms with Crippen LogP contribution in [-0.4, -0.2) is 67.0 Å². The average Bonchev–Trinajstić information content (AvgIpc) is 2.93. The van der Waals surface area contributed by atoms with Gasteiger partial charge in [-0.05, 0) is 37.3 Å². The van der Waals surface area contributed by atoms with E-state index in [2.05, 4.69) is 0 Å². The lowest BCUT2D eigenvalue weighted by molar-refractivity contribution is -0.134. The molecule has 0 saturated carbocycles. The van der Waals surface area contributed by atoms with E-state index in [9.17, 15) is 14.0 Å². The summed E-state index contributed by atoms with van der Waals surface area (Å²) < 4.78 is 19.2. The lowest BCUT2D eigenvalue weighted by atomic mass is 9.91. The van der Waals surface area contributed by atoms with Gasteiger partial charge in [0.2, 0.25) is 5.91 Å². The first kappa shape index (κ1) is 18.8. The van der Waals surface area contributed by atoms with Gasteiger partial charge >= 0.3 is 0 Å². The number of rotatable bonds is 3. The molecule has 2 aliphatic heterocycles. The predicted octanol–water partition coefficient (Wildman–Crippen LogP) is 1.25. The van der Waals surface area contributed by atoms with Crippen LogP contribution in [0.4, 0.5) is 4.39 Å². The molecule has 6 nitrogen and oxygen atoms in total. The van der Waals surface area contributed by atoms with Gasteiger partial charge in [-0.15, -0.1) is 0 Å². The van der Waals surface area contributed by atoms with Crippen molar-refractivity contribution in [2.45, 2.75) is 25.3 Å². The molecular weight excluding hydrogens is 337 g/mol. The number of nitrogens with zero attached hydrogens (tertiary/aromatic N) is 2. The molecule has 2 saturated heterocycles. The third kappa shape index (κ3) is 4.22. The molecule has 0 spiro atoms. The Morgan fingerprint density at radius 1 is 1.08 bits per heavy atom. The molecule has 0 radical (unpaired) electrons. The first-order valence-electron chi connectivity index (χ1n) is 9.24. The highest BCUT2D eigenvalue weighted by atomic mass is 19.1. The summed E-state index contributed by atoms with van der Waals surface area (Å²) in [4.78, 5) is 28.7. The van der Waals surface area contributed by atoms with Gasteiger partial charge in [0.05, 0.1) is 11.6 Å². The van der Waals surface area contributed by atoms with E-state index in [1.165, 1.54) is 12.1 Å². The van der Waals surface area contributed by atoms with E-state index < -0.39 is 11.9 Å². The standard InChI is InChI=1S/C19H26FN3O3/c20-16-5-2-1-4-15(16)18(24)22-8-3-9-23(11-10-22)19(25)17(21)14-6-12-26-13-7-14/h1-2,4-5,14,17H,3,6-13,21H2. The van der Waals surface area contributed by atoms with Crippen molar-refractivity contribution in [1.82, 2.24) is 9.80 Å². The largest absolute Gasteiger partial charge is 0.381 e. The number of amides is 2. The Kier molecular flexibility index (Phi) is 6.21. The Morgan fingerprint density at radius 3 is 2.46 bits per heavy atom. The second kappa shape index (κ2) is 8.60. The molecule has 1 unspecified atom stereocenters. The van der Waals surface area contributed by atoms with E-state index >= 15 is 0 Å².